The molecule has 3 heterocycles. The molecular weight excluding hydrogens is 546 g/mol. The van der Waals surface area contributed by atoms with Crippen LogP contribution in [0.3, 0.4) is 0 Å². The number of ether oxygens (including phenoxy) is 2. The molecule has 0 bridgehead atoms. The predicted molar refractivity (Wildman–Crippen MR) is 166 cm³/mol. The first-order valence-electron chi connectivity index (χ1n) is 14.9. The molecule has 2 aliphatic rings. The van der Waals surface area contributed by atoms with E-state index in [-0.39, 0.29) is 30.6 Å². The van der Waals surface area contributed by atoms with Gasteiger partial charge in [-0.1, -0.05) is 49.4 Å². The van der Waals surface area contributed by atoms with Crippen molar-refractivity contribution in [2.45, 2.75) is 32.6 Å². The van der Waals surface area contributed by atoms with Gasteiger partial charge in [-0.05, 0) is 35.7 Å². The van der Waals surface area contributed by atoms with Gasteiger partial charge in [-0.25, -0.2) is 9.78 Å². The number of rotatable bonds is 6. The number of morpholine rings is 1. The lowest BCUT2D eigenvalue weighted by Crippen LogP contribution is -2.48. The van der Waals surface area contributed by atoms with E-state index in [1.807, 2.05) is 68.4 Å². The summed E-state index contributed by atoms with van der Waals surface area (Å²) in [6.45, 7) is 7.50. The van der Waals surface area contributed by atoms with Crippen molar-refractivity contribution in [1.82, 2.24) is 14.8 Å². The van der Waals surface area contributed by atoms with Gasteiger partial charge in [0.1, 0.15) is 5.82 Å². The standard InChI is InChI=1S/C33H41N5O5/c1-23-19-38(24(2)21-39)32(40)29-11-7-6-10-28(29)27-9-5-4-8-25(27)22-43-30(23)20-36(3)33(41)35-26-12-13-34-31(18-26)37-14-16-42-17-15-37/h4-13,18,23-24,30,39H,14-17,19-22H2,1-3H3,(H,34,35,41)/t23-,24+,30-/m0/s1. The van der Waals surface area contributed by atoms with E-state index < -0.39 is 6.04 Å². The SMILES string of the molecule is C[C@H](CO)N1C[C@H](C)[C@H](CN(C)C(=O)Nc2ccnc(N3CCOCC3)c2)OCc2ccccc2-c2ccccc2C1=O. The molecule has 0 saturated carbocycles. The Morgan fingerprint density at radius 3 is 2.53 bits per heavy atom. The fourth-order valence-electron chi connectivity index (χ4n) is 5.58. The van der Waals surface area contributed by atoms with E-state index in [1.54, 1.807) is 29.1 Å². The van der Waals surface area contributed by atoms with E-state index in [2.05, 4.69) is 15.2 Å². The number of hydrogen-bond donors (Lipinski definition) is 2. The monoisotopic (exact) mass is 587 g/mol. The first kappa shape index (κ1) is 30.5. The Morgan fingerprint density at radius 2 is 1.79 bits per heavy atom. The van der Waals surface area contributed by atoms with Crippen molar-refractivity contribution in [2.24, 2.45) is 5.92 Å². The van der Waals surface area contributed by atoms with Crippen molar-refractivity contribution in [2.75, 3.05) is 63.3 Å². The first-order valence-corrected chi connectivity index (χ1v) is 14.9. The van der Waals surface area contributed by atoms with Crippen molar-refractivity contribution >= 4 is 23.4 Å². The van der Waals surface area contributed by atoms with E-state index in [1.165, 1.54) is 0 Å². The molecule has 3 aromatic rings. The van der Waals surface area contributed by atoms with Crippen LogP contribution < -0.4 is 10.2 Å². The maximum atomic E-state index is 14.0. The van der Waals surface area contributed by atoms with E-state index in [9.17, 15) is 14.7 Å². The highest BCUT2D eigenvalue weighted by Crippen LogP contribution is 2.31. The Kier molecular flexibility index (Phi) is 9.91. The zero-order chi connectivity index (χ0) is 30.3. The quantitative estimate of drug-likeness (QED) is 0.447. The molecule has 1 aromatic heterocycles. The second-order valence-electron chi connectivity index (χ2n) is 11.3. The average molecular weight is 588 g/mol. The van der Waals surface area contributed by atoms with Crippen LogP contribution in [0, 0.1) is 5.92 Å². The van der Waals surface area contributed by atoms with Crippen molar-refractivity contribution in [3.05, 3.63) is 78.0 Å². The van der Waals surface area contributed by atoms with Crippen LogP contribution in [0.4, 0.5) is 16.3 Å². The molecule has 5 rings (SSSR count). The number of carbonyl (C=O) groups excluding carboxylic acids is 2. The maximum absolute atomic E-state index is 14.0. The first-order chi connectivity index (χ1) is 20.9. The van der Waals surface area contributed by atoms with Gasteiger partial charge in [-0.2, -0.15) is 0 Å². The fraction of sp³-hybridized carbons (Fsp3) is 0.424. The molecule has 0 aliphatic carbocycles. The van der Waals surface area contributed by atoms with Crippen molar-refractivity contribution in [3.8, 4) is 11.1 Å². The molecule has 2 aromatic carbocycles. The summed E-state index contributed by atoms with van der Waals surface area (Å²) in [6, 6.07) is 18.5. The molecule has 10 nitrogen and oxygen atoms in total. The van der Waals surface area contributed by atoms with Crippen molar-refractivity contribution in [1.29, 1.82) is 0 Å². The summed E-state index contributed by atoms with van der Waals surface area (Å²) in [5.74, 6) is 0.519. The summed E-state index contributed by atoms with van der Waals surface area (Å²) in [5, 5.41) is 13.1. The number of aliphatic hydroxyl groups excluding tert-OH is 1. The Morgan fingerprint density at radius 1 is 1.09 bits per heavy atom. The number of likely N-dealkylation sites (N-methyl/N-ethyl adjacent to an activating group) is 1. The van der Waals surface area contributed by atoms with Crippen LogP contribution in [0.1, 0.15) is 29.8 Å². The molecule has 228 valence electrons. The Balaban J connectivity index is 1.37. The van der Waals surface area contributed by atoms with Gasteiger partial charge in [0, 0.05) is 62.7 Å². The van der Waals surface area contributed by atoms with Crippen LogP contribution in [-0.4, -0.2) is 97.0 Å². The Labute approximate surface area is 253 Å². The number of nitrogens with zero attached hydrogens (tertiary/aromatic N) is 4. The van der Waals surface area contributed by atoms with Gasteiger partial charge in [0.2, 0.25) is 0 Å². The third-order valence-corrected chi connectivity index (χ3v) is 8.23. The maximum Gasteiger partial charge on any atom is 0.321 e. The molecule has 1 saturated heterocycles. The number of anilines is 2. The normalized spacial score (nSPS) is 20.0. The number of aliphatic hydroxyl groups is 1. The molecule has 2 N–H and O–H groups in total. The van der Waals surface area contributed by atoms with Gasteiger partial charge in [0.25, 0.3) is 5.91 Å². The summed E-state index contributed by atoms with van der Waals surface area (Å²) in [6.07, 6.45) is 1.31. The highest BCUT2D eigenvalue weighted by Gasteiger charge is 2.31. The van der Waals surface area contributed by atoms with Crippen LogP contribution in [0.25, 0.3) is 11.1 Å². The number of nitrogens with one attached hydrogen (secondary N) is 1. The summed E-state index contributed by atoms with van der Waals surface area (Å²) in [7, 11) is 1.74. The minimum absolute atomic E-state index is 0.139. The van der Waals surface area contributed by atoms with E-state index in [0.717, 1.165) is 35.6 Å². The van der Waals surface area contributed by atoms with E-state index in [0.29, 0.717) is 44.2 Å². The Bertz CT molecular complexity index is 1410. The van der Waals surface area contributed by atoms with Crippen molar-refractivity contribution in [3.63, 3.8) is 0 Å². The van der Waals surface area contributed by atoms with Gasteiger partial charge >= 0.3 is 6.03 Å². The second-order valence-corrected chi connectivity index (χ2v) is 11.3. The lowest BCUT2D eigenvalue weighted by molar-refractivity contribution is -0.0178. The number of pyridine rings is 1. The third-order valence-electron chi connectivity index (χ3n) is 8.23. The second kappa shape index (κ2) is 14.0. The fourth-order valence-corrected chi connectivity index (χ4v) is 5.58. The summed E-state index contributed by atoms with van der Waals surface area (Å²) in [4.78, 5) is 37.3. The molecule has 0 unspecified atom stereocenters. The zero-order valence-corrected chi connectivity index (χ0v) is 25.1. The molecule has 0 spiro atoms. The number of aromatic nitrogens is 1. The Hall–Kier alpha value is -3.99. The molecule has 0 radical (unpaired) electrons. The number of fused-ring (bicyclic) bond motifs is 3. The third kappa shape index (κ3) is 7.15. The number of benzene rings is 2. The van der Waals surface area contributed by atoms with Gasteiger partial charge in [0.15, 0.2) is 0 Å². The number of carbonyl (C=O) groups is 2. The minimum atomic E-state index is -0.395. The largest absolute Gasteiger partial charge is 0.394 e. The number of hydrogen-bond acceptors (Lipinski definition) is 7. The van der Waals surface area contributed by atoms with Gasteiger partial charge in [0.05, 0.1) is 38.6 Å². The molecule has 2 aliphatic heterocycles. The minimum Gasteiger partial charge on any atom is -0.394 e. The summed E-state index contributed by atoms with van der Waals surface area (Å²) >= 11 is 0. The molecule has 43 heavy (non-hydrogen) atoms. The highest BCUT2D eigenvalue weighted by atomic mass is 16.5. The predicted octanol–water partition coefficient (Wildman–Crippen LogP) is 4.11. The number of amides is 3. The molecule has 3 amide bonds. The highest BCUT2D eigenvalue weighted by molar-refractivity contribution is 6.01. The number of urea groups is 1. The lowest BCUT2D eigenvalue weighted by atomic mass is 9.94. The zero-order valence-electron chi connectivity index (χ0n) is 25.1. The molecule has 3 atom stereocenters. The van der Waals surface area contributed by atoms with Gasteiger partial charge < -0.3 is 34.6 Å². The molecule has 1 fully saturated rings. The molecular formula is C33H41N5O5. The smallest absolute Gasteiger partial charge is 0.321 e. The van der Waals surface area contributed by atoms with E-state index >= 15 is 0 Å². The summed E-state index contributed by atoms with van der Waals surface area (Å²) < 4.78 is 12.0. The average Bonchev–Trinajstić information content (AvgIpc) is 3.06. The van der Waals surface area contributed by atoms with E-state index in [4.69, 9.17) is 9.47 Å². The van der Waals surface area contributed by atoms with Gasteiger partial charge in [-0.3, -0.25) is 4.79 Å². The van der Waals surface area contributed by atoms with Crippen LogP contribution in [0.5, 0.6) is 0 Å². The van der Waals surface area contributed by atoms with Crippen LogP contribution in [0.15, 0.2) is 66.9 Å². The molecule has 10 heteroatoms. The van der Waals surface area contributed by atoms with Crippen LogP contribution >= 0.6 is 0 Å². The topological polar surface area (TPSA) is 107 Å². The van der Waals surface area contributed by atoms with Gasteiger partial charge in [-0.15, -0.1) is 0 Å². The van der Waals surface area contributed by atoms with Crippen molar-refractivity contribution < 1.29 is 24.2 Å². The van der Waals surface area contributed by atoms with Crippen LogP contribution in [0.2, 0.25) is 0 Å². The summed E-state index contributed by atoms with van der Waals surface area (Å²) in [5.41, 5.74) is 3.97. The van der Waals surface area contributed by atoms with Crippen LogP contribution in [-0.2, 0) is 16.1 Å². The lowest BCUT2D eigenvalue weighted by Gasteiger charge is -2.35.